The number of halogens is 1. The van der Waals surface area contributed by atoms with Gasteiger partial charge < -0.3 is 10.6 Å². The monoisotopic (exact) mass is 370 g/mol. The van der Waals surface area contributed by atoms with Crippen molar-refractivity contribution in [2.24, 2.45) is 0 Å². The number of rotatable bonds is 7. The number of nitrogens with one attached hydrogen (secondary N) is 2. The molecule has 2 aromatic rings. The average molecular weight is 370 g/mol. The van der Waals surface area contributed by atoms with E-state index in [1.165, 1.54) is 24.3 Å². The van der Waals surface area contributed by atoms with Crippen LogP contribution in [-0.2, 0) is 4.79 Å². The Kier molecular flexibility index (Phi) is 6.49. The number of hydrogen-bond acceptors (Lipinski definition) is 4. The molecule has 1 unspecified atom stereocenters. The van der Waals surface area contributed by atoms with Gasteiger partial charge in [-0.15, -0.1) is 0 Å². The second kappa shape index (κ2) is 9.23. The molecule has 2 heterocycles. The zero-order chi connectivity index (χ0) is 19.1. The van der Waals surface area contributed by atoms with Crippen LogP contribution in [0.4, 0.5) is 4.39 Å². The van der Waals surface area contributed by atoms with E-state index >= 15 is 0 Å². The fraction of sp³-hybridized carbons (Fsp3) is 0.350. The second-order valence-corrected chi connectivity index (χ2v) is 6.49. The van der Waals surface area contributed by atoms with Crippen molar-refractivity contribution in [2.45, 2.75) is 18.9 Å². The van der Waals surface area contributed by atoms with Gasteiger partial charge in [0.1, 0.15) is 11.9 Å². The van der Waals surface area contributed by atoms with Crippen molar-refractivity contribution in [2.75, 3.05) is 26.2 Å². The zero-order valence-electron chi connectivity index (χ0n) is 15.0. The van der Waals surface area contributed by atoms with Crippen molar-refractivity contribution < 1.29 is 14.0 Å². The first-order valence-corrected chi connectivity index (χ1v) is 9.10. The van der Waals surface area contributed by atoms with Crippen molar-refractivity contribution in [1.29, 1.82) is 0 Å². The minimum Gasteiger partial charge on any atom is -0.353 e. The molecule has 0 saturated carbocycles. The van der Waals surface area contributed by atoms with E-state index in [2.05, 4.69) is 20.5 Å². The van der Waals surface area contributed by atoms with Crippen LogP contribution < -0.4 is 10.6 Å². The van der Waals surface area contributed by atoms with Crippen LogP contribution in [0.2, 0.25) is 0 Å². The van der Waals surface area contributed by atoms with Crippen LogP contribution in [-0.4, -0.2) is 47.9 Å². The van der Waals surface area contributed by atoms with Crippen LogP contribution in [0.15, 0.2) is 48.8 Å². The maximum absolute atomic E-state index is 12.9. The number of amides is 2. The maximum Gasteiger partial charge on any atom is 0.251 e. The first kappa shape index (κ1) is 19.0. The van der Waals surface area contributed by atoms with Crippen molar-refractivity contribution in [1.82, 2.24) is 20.5 Å². The van der Waals surface area contributed by atoms with E-state index in [1.807, 2.05) is 12.1 Å². The van der Waals surface area contributed by atoms with Gasteiger partial charge in [0, 0.05) is 31.0 Å². The van der Waals surface area contributed by atoms with Gasteiger partial charge in [0.2, 0.25) is 5.91 Å². The van der Waals surface area contributed by atoms with Gasteiger partial charge in [-0.25, -0.2) is 4.39 Å². The summed E-state index contributed by atoms with van der Waals surface area (Å²) in [5, 5.41) is 5.61. The molecule has 1 aromatic heterocycles. The summed E-state index contributed by atoms with van der Waals surface area (Å²) in [7, 11) is 0. The summed E-state index contributed by atoms with van der Waals surface area (Å²) in [6, 6.07) is 8.70. The number of aromatic nitrogens is 1. The molecule has 7 heteroatoms. The van der Waals surface area contributed by atoms with Crippen LogP contribution in [0.5, 0.6) is 0 Å². The van der Waals surface area contributed by atoms with Crippen molar-refractivity contribution in [3.05, 3.63) is 65.7 Å². The first-order valence-electron chi connectivity index (χ1n) is 9.10. The van der Waals surface area contributed by atoms with Gasteiger partial charge in [-0.3, -0.25) is 19.5 Å². The maximum atomic E-state index is 12.9. The molecule has 6 nitrogen and oxygen atoms in total. The molecule has 142 valence electrons. The van der Waals surface area contributed by atoms with Gasteiger partial charge in [-0.1, -0.05) is 6.07 Å². The van der Waals surface area contributed by atoms with Crippen LogP contribution >= 0.6 is 0 Å². The summed E-state index contributed by atoms with van der Waals surface area (Å²) in [6.07, 6.45) is 5.57. The summed E-state index contributed by atoms with van der Waals surface area (Å²) in [5.41, 5.74) is 1.25. The van der Waals surface area contributed by atoms with Crippen LogP contribution in [0, 0.1) is 5.82 Å². The predicted octanol–water partition coefficient (Wildman–Crippen LogP) is 1.90. The molecule has 0 aliphatic carbocycles. The van der Waals surface area contributed by atoms with Gasteiger partial charge >= 0.3 is 0 Å². The number of carbonyl (C=O) groups excluding carboxylic acids is 2. The third kappa shape index (κ3) is 5.10. The fourth-order valence-electron chi connectivity index (χ4n) is 3.23. The van der Waals surface area contributed by atoms with Crippen LogP contribution in [0.1, 0.15) is 34.8 Å². The van der Waals surface area contributed by atoms with Gasteiger partial charge in [0.05, 0.1) is 0 Å². The fourth-order valence-corrected chi connectivity index (χ4v) is 3.23. The highest BCUT2D eigenvalue weighted by atomic mass is 19.1. The minimum atomic E-state index is -0.387. The lowest BCUT2D eigenvalue weighted by molar-refractivity contribution is -0.126. The second-order valence-electron chi connectivity index (χ2n) is 6.49. The van der Waals surface area contributed by atoms with E-state index in [0.717, 1.165) is 31.5 Å². The smallest absolute Gasteiger partial charge is 0.251 e. The summed E-state index contributed by atoms with van der Waals surface area (Å²) in [4.78, 5) is 31.0. The SMILES string of the molecule is O=C(NCCNC(=O)C(c1cccnc1)N1CCCC1)c1ccc(F)cc1. The van der Waals surface area contributed by atoms with E-state index < -0.39 is 0 Å². The topological polar surface area (TPSA) is 74.3 Å². The summed E-state index contributed by atoms with van der Waals surface area (Å²) in [5.74, 6) is -0.782. The number of carbonyl (C=O) groups is 2. The first-order chi connectivity index (χ1) is 13.1. The summed E-state index contributed by atoms with van der Waals surface area (Å²) in [6.45, 7) is 2.38. The van der Waals surface area contributed by atoms with E-state index in [0.29, 0.717) is 18.7 Å². The lowest BCUT2D eigenvalue weighted by Crippen LogP contribution is -2.42. The minimum absolute atomic E-state index is 0.0964. The Labute approximate surface area is 157 Å². The molecule has 1 aromatic carbocycles. The van der Waals surface area contributed by atoms with Crippen LogP contribution in [0.3, 0.4) is 0 Å². The third-order valence-corrected chi connectivity index (χ3v) is 4.57. The van der Waals surface area contributed by atoms with E-state index in [-0.39, 0.29) is 23.7 Å². The molecule has 2 amide bonds. The molecule has 3 rings (SSSR count). The van der Waals surface area contributed by atoms with Crippen molar-refractivity contribution in [3.63, 3.8) is 0 Å². The van der Waals surface area contributed by atoms with Gasteiger partial charge in [0.25, 0.3) is 5.91 Å². The Morgan fingerprint density at radius 3 is 2.44 bits per heavy atom. The molecule has 0 spiro atoms. The molecule has 0 bridgehead atoms. The molecular formula is C20H23FN4O2. The Hall–Kier alpha value is -2.80. The quantitative estimate of drug-likeness (QED) is 0.730. The highest BCUT2D eigenvalue weighted by Crippen LogP contribution is 2.24. The van der Waals surface area contributed by atoms with Crippen molar-refractivity contribution in [3.8, 4) is 0 Å². The number of pyridine rings is 1. The van der Waals surface area contributed by atoms with Gasteiger partial charge in [-0.05, 0) is 61.8 Å². The average Bonchev–Trinajstić information content (AvgIpc) is 3.21. The van der Waals surface area contributed by atoms with E-state index in [4.69, 9.17) is 0 Å². The van der Waals surface area contributed by atoms with Crippen LogP contribution in [0.25, 0.3) is 0 Å². The Morgan fingerprint density at radius 2 is 1.78 bits per heavy atom. The number of hydrogen-bond donors (Lipinski definition) is 2. The predicted molar refractivity (Wildman–Crippen MR) is 99.5 cm³/mol. The molecule has 1 aliphatic heterocycles. The van der Waals surface area contributed by atoms with E-state index in [9.17, 15) is 14.0 Å². The highest BCUT2D eigenvalue weighted by molar-refractivity contribution is 5.94. The third-order valence-electron chi connectivity index (χ3n) is 4.57. The largest absolute Gasteiger partial charge is 0.353 e. The Bertz CT molecular complexity index is 761. The van der Waals surface area contributed by atoms with Gasteiger partial charge in [-0.2, -0.15) is 0 Å². The molecule has 1 fully saturated rings. The molecule has 0 radical (unpaired) electrons. The van der Waals surface area contributed by atoms with E-state index in [1.54, 1.807) is 12.4 Å². The number of benzene rings is 1. The Balaban J connectivity index is 1.52. The molecule has 2 N–H and O–H groups in total. The molecule has 1 aliphatic rings. The molecule has 1 saturated heterocycles. The molecule has 1 atom stereocenters. The van der Waals surface area contributed by atoms with Gasteiger partial charge in [0.15, 0.2) is 0 Å². The lowest BCUT2D eigenvalue weighted by atomic mass is 10.1. The number of nitrogens with zero attached hydrogens (tertiary/aromatic N) is 2. The molecular weight excluding hydrogens is 347 g/mol. The van der Waals surface area contributed by atoms with Crippen molar-refractivity contribution >= 4 is 11.8 Å². The zero-order valence-corrected chi connectivity index (χ0v) is 15.0. The standard InChI is InChI=1S/C20H23FN4O2/c21-17-7-5-15(6-8-17)19(26)23-10-11-24-20(27)18(25-12-1-2-13-25)16-4-3-9-22-14-16/h3-9,14,18H,1-2,10-13H2,(H,23,26)(H,24,27). The Morgan fingerprint density at radius 1 is 1.07 bits per heavy atom. The highest BCUT2D eigenvalue weighted by Gasteiger charge is 2.29. The number of likely N-dealkylation sites (tertiary alicyclic amines) is 1. The summed E-state index contributed by atoms with van der Waals surface area (Å²) >= 11 is 0. The lowest BCUT2D eigenvalue weighted by Gasteiger charge is -2.26. The molecule has 27 heavy (non-hydrogen) atoms. The normalized spacial score (nSPS) is 15.3. The summed E-state index contributed by atoms with van der Waals surface area (Å²) < 4.78 is 12.9.